The summed E-state index contributed by atoms with van der Waals surface area (Å²) in [6.07, 6.45) is 1.27. The van der Waals surface area contributed by atoms with Crippen LogP contribution in [0.2, 0.25) is 5.02 Å². The number of ketones is 1. The Morgan fingerprint density at radius 3 is 2.42 bits per heavy atom. The van der Waals surface area contributed by atoms with Gasteiger partial charge >= 0.3 is 0 Å². The molecule has 228 valence electrons. The number of rotatable bonds is 8. The topological polar surface area (TPSA) is 132 Å². The second kappa shape index (κ2) is 11.3. The van der Waals surface area contributed by atoms with Crippen molar-refractivity contribution in [3.05, 3.63) is 124 Å². The van der Waals surface area contributed by atoms with Gasteiger partial charge in [0.1, 0.15) is 17.4 Å². The number of aromatic nitrogens is 3. The summed E-state index contributed by atoms with van der Waals surface area (Å²) < 4.78 is 77.5. The molecule has 14 heteroatoms. The van der Waals surface area contributed by atoms with Crippen LogP contribution >= 0.6 is 11.6 Å². The lowest BCUT2D eigenvalue weighted by Crippen LogP contribution is -2.14. The molecule has 0 unspecified atom stereocenters. The Morgan fingerprint density at radius 2 is 1.71 bits per heavy atom. The van der Waals surface area contributed by atoms with Crippen molar-refractivity contribution in [3.63, 3.8) is 0 Å². The minimum atomic E-state index is -4.16. The molecule has 2 heterocycles. The van der Waals surface area contributed by atoms with Gasteiger partial charge in [-0.05, 0) is 79.2 Å². The third-order valence-corrected chi connectivity index (χ3v) is 8.49. The molecule has 0 fully saturated rings. The second-order valence-corrected chi connectivity index (χ2v) is 12.1. The summed E-state index contributed by atoms with van der Waals surface area (Å²) in [5.74, 6) is -3.50. The summed E-state index contributed by atoms with van der Waals surface area (Å²) in [6, 6.07) is 17.2. The van der Waals surface area contributed by atoms with Gasteiger partial charge in [-0.25, -0.2) is 26.3 Å². The number of nitrogens with two attached hydrogens (primary N) is 1. The van der Waals surface area contributed by atoms with Crippen LogP contribution in [0, 0.1) is 24.4 Å². The minimum absolute atomic E-state index is 0.00303. The smallest absolute Gasteiger partial charge is 0.262 e. The summed E-state index contributed by atoms with van der Waals surface area (Å²) >= 11 is 5.90. The molecule has 0 bridgehead atoms. The lowest BCUT2D eigenvalue weighted by Gasteiger charge is -2.12. The van der Waals surface area contributed by atoms with Crippen LogP contribution in [0.4, 0.5) is 24.7 Å². The Hall–Kier alpha value is -5.27. The van der Waals surface area contributed by atoms with Gasteiger partial charge in [0.2, 0.25) is 5.78 Å². The van der Waals surface area contributed by atoms with E-state index in [9.17, 15) is 26.4 Å². The van der Waals surface area contributed by atoms with Gasteiger partial charge in [-0.1, -0.05) is 23.7 Å². The van der Waals surface area contributed by atoms with E-state index in [1.165, 1.54) is 65.5 Å². The van der Waals surface area contributed by atoms with Crippen LogP contribution in [-0.4, -0.2) is 29.0 Å². The number of benzene rings is 4. The van der Waals surface area contributed by atoms with Crippen molar-refractivity contribution in [2.75, 3.05) is 10.5 Å². The van der Waals surface area contributed by atoms with Gasteiger partial charge in [0, 0.05) is 15.9 Å². The lowest BCUT2D eigenvalue weighted by molar-refractivity contribution is 0.103. The van der Waals surface area contributed by atoms with E-state index < -0.39 is 39.0 Å². The zero-order chi connectivity index (χ0) is 32.0. The fourth-order valence-electron chi connectivity index (χ4n) is 4.69. The fraction of sp³-hybridized carbons (Fsp3) is 0.0323. The normalized spacial score (nSPS) is 11.6. The number of para-hydroxylation sites is 1. The molecule has 0 aliphatic carbocycles. The third kappa shape index (κ3) is 5.70. The van der Waals surface area contributed by atoms with Gasteiger partial charge in [-0.3, -0.25) is 9.52 Å². The SMILES string of the molecule is Cc1cc(Oc2c(F)cccc2F)ccc1-n1ncc(C(=O)c2cc3cc(F)c(NS(=O)(=O)c4cccc(Cl)c4)cc3[nH]2)c1N. The molecular formula is C31H21ClF3N5O4S. The fourth-order valence-corrected chi connectivity index (χ4v) is 6.05. The lowest BCUT2D eigenvalue weighted by atomic mass is 10.1. The van der Waals surface area contributed by atoms with E-state index in [1.807, 2.05) is 0 Å². The zero-order valence-corrected chi connectivity index (χ0v) is 24.7. The number of hydrogen-bond donors (Lipinski definition) is 3. The molecule has 0 aliphatic heterocycles. The van der Waals surface area contributed by atoms with E-state index in [0.29, 0.717) is 16.6 Å². The molecular weight excluding hydrogens is 631 g/mol. The van der Waals surface area contributed by atoms with E-state index in [2.05, 4.69) is 14.8 Å². The third-order valence-electron chi connectivity index (χ3n) is 6.89. The average Bonchev–Trinajstić information content (AvgIpc) is 3.58. The van der Waals surface area contributed by atoms with Gasteiger partial charge in [0.25, 0.3) is 10.0 Å². The number of sulfonamides is 1. The van der Waals surface area contributed by atoms with Gasteiger partial charge in [0.15, 0.2) is 17.4 Å². The van der Waals surface area contributed by atoms with Crippen LogP contribution in [0.1, 0.15) is 21.6 Å². The van der Waals surface area contributed by atoms with Crippen molar-refractivity contribution < 1.29 is 31.1 Å². The first-order valence-electron chi connectivity index (χ1n) is 13.1. The first-order valence-corrected chi connectivity index (χ1v) is 15.0. The zero-order valence-electron chi connectivity index (χ0n) is 23.1. The number of nitrogens with zero attached hydrogens (tertiary/aromatic N) is 2. The molecule has 4 aromatic carbocycles. The van der Waals surface area contributed by atoms with Crippen LogP contribution < -0.4 is 15.2 Å². The monoisotopic (exact) mass is 651 g/mol. The maximum absolute atomic E-state index is 14.9. The number of nitrogen functional groups attached to an aromatic ring is 1. The summed E-state index contributed by atoms with van der Waals surface area (Å²) in [6.45, 7) is 1.70. The molecule has 45 heavy (non-hydrogen) atoms. The highest BCUT2D eigenvalue weighted by atomic mass is 35.5. The van der Waals surface area contributed by atoms with Crippen LogP contribution in [0.3, 0.4) is 0 Å². The number of nitrogens with one attached hydrogen (secondary N) is 2. The van der Waals surface area contributed by atoms with Gasteiger partial charge in [-0.15, -0.1) is 0 Å². The number of carbonyl (C=O) groups excluding carboxylic acids is 1. The summed E-state index contributed by atoms with van der Waals surface area (Å²) in [5, 5.41) is 4.75. The van der Waals surface area contributed by atoms with Crippen molar-refractivity contribution in [2.24, 2.45) is 0 Å². The Balaban J connectivity index is 1.26. The second-order valence-electron chi connectivity index (χ2n) is 9.95. The largest absolute Gasteiger partial charge is 0.451 e. The van der Waals surface area contributed by atoms with E-state index >= 15 is 0 Å². The Kier molecular flexibility index (Phi) is 7.51. The highest BCUT2D eigenvalue weighted by molar-refractivity contribution is 7.92. The molecule has 0 atom stereocenters. The number of anilines is 2. The first-order chi connectivity index (χ1) is 21.4. The molecule has 0 aliphatic rings. The molecule has 6 rings (SSSR count). The van der Waals surface area contributed by atoms with Crippen molar-refractivity contribution in [1.82, 2.24) is 14.8 Å². The molecule has 0 saturated carbocycles. The quantitative estimate of drug-likeness (QED) is 0.150. The van der Waals surface area contributed by atoms with E-state index in [-0.39, 0.29) is 43.9 Å². The molecule has 0 saturated heterocycles. The average molecular weight is 652 g/mol. The van der Waals surface area contributed by atoms with Gasteiger partial charge in [-0.2, -0.15) is 5.10 Å². The van der Waals surface area contributed by atoms with Crippen molar-refractivity contribution in [3.8, 4) is 17.2 Å². The predicted octanol–water partition coefficient (Wildman–Crippen LogP) is 7.14. The number of halogens is 4. The highest BCUT2D eigenvalue weighted by Crippen LogP contribution is 2.32. The van der Waals surface area contributed by atoms with Gasteiger partial charge in [0.05, 0.1) is 33.7 Å². The number of carbonyl (C=O) groups is 1. The van der Waals surface area contributed by atoms with E-state index in [4.69, 9.17) is 22.1 Å². The number of ether oxygens (including phenoxy) is 1. The minimum Gasteiger partial charge on any atom is -0.451 e. The molecule has 6 aromatic rings. The summed E-state index contributed by atoms with van der Waals surface area (Å²) in [5.41, 5.74) is 7.40. The number of aromatic amines is 1. The number of aryl methyl sites for hydroxylation is 1. The van der Waals surface area contributed by atoms with Crippen molar-refractivity contribution in [2.45, 2.75) is 11.8 Å². The Labute approximate surface area is 259 Å². The Bertz CT molecular complexity index is 2230. The molecule has 9 nitrogen and oxygen atoms in total. The summed E-state index contributed by atoms with van der Waals surface area (Å²) in [7, 11) is -4.16. The molecule has 2 aromatic heterocycles. The number of fused-ring (bicyclic) bond motifs is 1. The number of hydrogen-bond acceptors (Lipinski definition) is 6. The maximum Gasteiger partial charge on any atom is 0.262 e. The van der Waals surface area contributed by atoms with E-state index in [0.717, 1.165) is 18.2 Å². The molecule has 4 N–H and O–H groups in total. The number of H-pyrrole nitrogens is 1. The highest BCUT2D eigenvalue weighted by Gasteiger charge is 2.23. The van der Waals surface area contributed by atoms with Crippen molar-refractivity contribution >= 4 is 49.8 Å². The molecule has 0 radical (unpaired) electrons. The molecule has 0 spiro atoms. The first kappa shape index (κ1) is 29.8. The van der Waals surface area contributed by atoms with Crippen LogP contribution in [0.15, 0.2) is 90.0 Å². The Morgan fingerprint density at radius 1 is 0.978 bits per heavy atom. The standard InChI is InChI=1S/C31H21ClF3N5O4S/c1-16-10-19(44-30-22(33)6-3-7-23(30)34)8-9-28(16)40-31(36)21(15-37-40)29(41)27-12-17-11-24(35)26(14-25(17)38-27)39-45(42,43)20-5-2-4-18(32)13-20/h2-15,38-39H,36H2,1H3. The van der Waals surface area contributed by atoms with E-state index in [1.54, 1.807) is 13.0 Å². The maximum atomic E-state index is 14.9. The van der Waals surface area contributed by atoms with Crippen molar-refractivity contribution in [1.29, 1.82) is 0 Å². The predicted molar refractivity (Wildman–Crippen MR) is 163 cm³/mol. The van der Waals surface area contributed by atoms with Gasteiger partial charge < -0.3 is 15.5 Å². The summed E-state index contributed by atoms with van der Waals surface area (Å²) in [4.78, 5) is 16.2. The van der Waals surface area contributed by atoms with Crippen LogP contribution in [-0.2, 0) is 10.0 Å². The van der Waals surface area contributed by atoms with Crippen LogP contribution in [0.5, 0.6) is 11.5 Å². The van der Waals surface area contributed by atoms with Crippen LogP contribution in [0.25, 0.3) is 16.6 Å². The molecule has 0 amide bonds.